The molecule has 0 heterocycles. The van der Waals surface area contributed by atoms with Crippen molar-refractivity contribution in [2.45, 2.75) is 38.6 Å². The summed E-state index contributed by atoms with van der Waals surface area (Å²) < 4.78 is 5.89. The molecule has 1 aliphatic rings. The summed E-state index contributed by atoms with van der Waals surface area (Å²) in [4.78, 5) is 0. The molecule has 2 nitrogen and oxygen atoms in total. The first-order valence-electron chi connectivity index (χ1n) is 6.41. The van der Waals surface area contributed by atoms with Crippen molar-refractivity contribution < 1.29 is 4.74 Å². The van der Waals surface area contributed by atoms with E-state index in [0.717, 1.165) is 17.9 Å². The molecule has 94 valence electrons. The Morgan fingerprint density at radius 1 is 1.24 bits per heavy atom. The van der Waals surface area contributed by atoms with E-state index < -0.39 is 0 Å². The van der Waals surface area contributed by atoms with E-state index in [1.54, 1.807) is 0 Å². The van der Waals surface area contributed by atoms with Gasteiger partial charge in [-0.05, 0) is 24.8 Å². The lowest BCUT2D eigenvalue weighted by atomic mass is 9.90. The molecule has 2 N–H and O–H groups in total. The maximum atomic E-state index is 6.15. The van der Waals surface area contributed by atoms with Gasteiger partial charge in [0, 0.05) is 12.1 Å². The molecule has 17 heavy (non-hydrogen) atoms. The van der Waals surface area contributed by atoms with Crippen LogP contribution in [-0.2, 0) is 6.54 Å². The summed E-state index contributed by atoms with van der Waals surface area (Å²) in [6.07, 6.45) is 6.60. The molecule has 0 bridgehead atoms. The van der Waals surface area contributed by atoms with Crippen molar-refractivity contribution in [3.05, 3.63) is 28.8 Å². The van der Waals surface area contributed by atoms with Gasteiger partial charge in [0.2, 0.25) is 0 Å². The molecule has 1 aromatic carbocycles. The molecule has 0 aliphatic heterocycles. The summed E-state index contributed by atoms with van der Waals surface area (Å²) in [5.41, 5.74) is 6.68. The van der Waals surface area contributed by atoms with Gasteiger partial charge in [-0.25, -0.2) is 0 Å². The molecule has 3 heteroatoms. The highest BCUT2D eigenvalue weighted by Crippen LogP contribution is 2.30. The Kier molecular flexibility index (Phi) is 4.69. The monoisotopic (exact) mass is 253 g/mol. The number of benzene rings is 1. The van der Waals surface area contributed by atoms with Gasteiger partial charge in [0.25, 0.3) is 0 Å². The third-order valence-electron chi connectivity index (χ3n) is 3.46. The molecule has 0 saturated heterocycles. The van der Waals surface area contributed by atoms with Crippen LogP contribution >= 0.6 is 11.6 Å². The Morgan fingerprint density at radius 2 is 2.00 bits per heavy atom. The highest BCUT2D eigenvalue weighted by Gasteiger charge is 2.15. The molecule has 1 fully saturated rings. The van der Waals surface area contributed by atoms with Gasteiger partial charge >= 0.3 is 0 Å². The summed E-state index contributed by atoms with van der Waals surface area (Å²) in [6.45, 7) is 1.25. The first-order chi connectivity index (χ1) is 8.31. The van der Waals surface area contributed by atoms with E-state index in [4.69, 9.17) is 22.1 Å². The third kappa shape index (κ3) is 3.36. The summed E-state index contributed by atoms with van der Waals surface area (Å²) in [5.74, 6) is 1.47. The van der Waals surface area contributed by atoms with E-state index >= 15 is 0 Å². The van der Waals surface area contributed by atoms with E-state index in [0.29, 0.717) is 17.5 Å². The minimum atomic E-state index is 0.473. The van der Waals surface area contributed by atoms with E-state index in [1.807, 2.05) is 18.2 Å². The molecule has 1 aliphatic carbocycles. The van der Waals surface area contributed by atoms with Crippen molar-refractivity contribution in [1.82, 2.24) is 0 Å². The van der Waals surface area contributed by atoms with Gasteiger partial charge < -0.3 is 10.5 Å². The quantitative estimate of drug-likeness (QED) is 0.887. The Hall–Kier alpha value is -0.730. The van der Waals surface area contributed by atoms with Crippen LogP contribution in [0.3, 0.4) is 0 Å². The van der Waals surface area contributed by atoms with Crippen LogP contribution in [0.5, 0.6) is 5.75 Å². The number of rotatable bonds is 4. The minimum Gasteiger partial charge on any atom is -0.491 e. The van der Waals surface area contributed by atoms with Gasteiger partial charge in [-0.15, -0.1) is 0 Å². The van der Waals surface area contributed by atoms with Gasteiger partial charge in [-0.1, -0.05) is 43.0 Å². The van der Waals surface area contributed by atoms with Crippen LogP contribution < -0.4 is 10.5 Å². The van der Waals surface area contributed by atoms with Crippen LogP contribution in [0.4, 0.5) is 0 Å². The molecular weight excluding hydrogens is 234 g/mol. The Labute approximate surface area is 108 Å². The fraction of sp³-hybridized carbons (Fsp3) is 0.571. The Morgan fingerprint density at radius 3 is 2.71 bits per heavy atom. The number of hydrogen-bond donors (Lipinski definition) is 1. The van der Waals surface area contributed by atoms with Gasteiger partial charge in [0.15, 0.2) is 0 Å². The summed E-state index contributed by atoms with van der Waals surface area (Å²) >= 11 is 6.15. The van der Waals surface area contributed by atoms with Gasteiger partial charge in [-0.3, -0.25) is 0 Å². The number of halogens is 1. The molecule has 0 amide bonds. The highest BCUT2D eigenvalue weighted by molar-refractivity contribution is 6.32. The lowest BCUT2D eigenvalue weighted by Gasteiger charge is -2.22. The molecule has 2 rings (SSSR count). The van der Waals surface area contributed by atoms with Crippen LogP contribution in [0.1, 0.15) is 37.7 Å². The van der Waals surface area contributed by atoms with Crippen LogP contribution in [0.25, 0.3) is 0 Å². The predicted octanol–water partition coefficient (Wildman–Crippen LogP) is 3.76. The zero-order valence-electron chi connectivity index (χ0n) is 10.1. The number of ether oxygens (including phenoxy) is 1. The van der Waals surface area contributed by atoms with E-state index in [-0.39, 0.29) is 0 Å². The maximum absolute atomic E-state index is 6.15. The second-order valence-corrected chi connectivity index (χ2v) is 5.15. The first kappa shape index (κ1) is 12.7. The van der Waals surface area contributed by atoms with Gasteiger partial charge in [0.05, 0.1) is 11.6 Å². The molecule has 0 atom stereocenters. The van der Waals surface area contributed by atoms with Crippen LogP contribution in [0.15, 0.2) is 18.2 Å². The lowest BCUT2D eigenvalue weighted by molar-refractivity contribution is 0.207. The molecule has 0 radical (unpaired) electrons. The van der Waals surface area contributed by atoms with Crippen LogP contribution in [-0.4, -0.2) is 6.61 Å². The molecule has 0 aromatic heterocycles. The van der Waals surface area contributed by atoms with Crippen molar-refractivity contribution in [2.75, 3.05) is 6.61 Å². The summed E-state index contributed by atoms with van der Waals surface area (Å²) in [6, 6.07) is 5.75. The number of para-hydroxylation sites is 1. The van der Waals surface area contributed by atoms with Crippen LogP contribution in [0.2, 0.25) is 5.02 Å². The normalized spacial score (nSPS) is 17.1. The first-order valence-corrected chi connectivity index (χ1v) is 6.79. The lowest BCUT2D eigenvalue weighted by Crippen LogP contribution is -2.16. The van der Waals surface area contributed by atoms with Crippen molar-refractivity contribution in [2.24, 2.45) is 11.7 Å². The van der Waals surface area contributed by atoms with Crippen LogP contribution in [0, 0.1) is 5.92 Å². The molecule has 0 spiro atoms. The van der Waals surface area contributed by atoms with Gasteiger partial charge in [0.1, 0.15) is 5.75 Å². The fourth-order valence-electron chi connectivity index (χ4n) is 2.43. The van der Waals surface area contributed by atoms with Crippen molar-refractivity contribution in [3.63, 3.8) is 0 Å². The van der Waals surface area contributed by atoms with Crippen molar-refractivity contribution in [1.29, 1.82) is 0 Å². The van der Waals surface area contributed by atoms with Crippen molar-refractivity contribution >= 4 is 11.6 Å². The SMILES string of the molecule is NCc1cccc(Cl)c1OCC1CCCCC1. The topological polar surface area (TPSA) is 35.2 Å². The average Bonchev–Trinajstić information content (AvgIpc) is 2.38. The van der Waals surface area contributed by atoms with E-state index in [2.05, 4.69) is 0 Å². The predicted molar refractivity (Wildman–Crippen MR) is 71.4 cm³/mol. The highest BCUT2D eigenvalue weighted by atomic mass is 35.5. The Bertz CT molecular complexity index is 361. The minimum absolute atomic E-state index is 0.473. The standard InChI is InChI=1S/C14H20ClNO/c15-13-8-4-7-12(9-16)14(13)17-10-11-5-2-1-3-6-11/h4,7-8,11H,1-3,5-6,9-10,16H2. The maximum Gasteiger partial charge on any atom is 0.142 e. The smallest absolute Gasteiger partial charge is 0.142 e. The average molecular weight is 254 g/mol. The van der Waals surface area contributed by atoms with E-state index in [9.17, 15) is 0 Å². The molecule has 1 aromatic rings. The zero-order chi connectivity index (χ0) is 12.1. The number of hydrogen-bond acceptors (Lipinski definition) is 2. The number of nitrogens with two attached hydrogens (primary N) is 1. The molecule has 1 saturated carbocycles. The third-order valence-corrected chi connectivity index (χ3v) is 3.75. The second-order valence-electron chi connectivity index (χ2n) is 4.75. The van der Waals surface area contributed by atoms with Gasteiger partial charge in [-0.2, -0.15) is 0 Å². The zero-order valence-corrected chi connectivity index (χ0v) is 10.9. The van der Waals surface area contributed by atoms with Crippen molar-refractivity contribution in [3.8, 4) is 5.75 Å². The fourth-order valence-corrected chi connectivity index (χ4v) is 2.68. The summed E-state index contributed by atoms with van der Waals surface area (Å²) in [5, 5.41) is 0.670. The molecule has 0 unspecified atom stereocenters. The second kappa shape index (κ2) is 6.27. The van der Waals surface area contributed by atoms with E-state index in [1.165, 1.54) is 32.1 Å². The molecular formula is C14H20ClNO. The largest absolute Gasteiger partial charge is 0.491 e. The Balaban J connectivity index is 1.97. The summed E-state index contributed by atoms with van der Waals surface area (Å²) in [7, 11) is 0.